The minimum Gasteiger partial charge on any atom is -0.506 e. The molecule has 0 aliphatic rings. The van der Waals surface area contributed by atoms with Crippen molar-refractivity contribution in [1.82, 2.24) is 0 Å². The summed E-state index contributed by atoms with van der Waals surface area (Å²) in [4.78, 5) is 0.107. The van der Waals surface area contributed by atoms with Gasteiger partial charge in [0, 0.05) is 0 Å². The Morgan fingerprint density at radius 3 is 2.37 bits per heavy atom. The molecule has 0 saturated heterocycles. The van der Waals surface area contributed by atoms with E-state index < -0.39 is 10.0 Å². The second-order valence-corrected chi connectivity index (χ2v) is 5.79. The minimum absolute atomic E-state index is 0.00357. The molecule has 0 saturated carbocycles. The fourth-order valence-electron chi connectivity index (χ4n) is 1.61. The fraction of sp³-hybridized carbons (Fsp3) is 0.0769. The predicted molar refractivity (Wildman–Crippen MR) is 74.5 cm³/mol. The number of benzene rings is 2. The minimum atomic E-state index is -3.77. The first kappa shape index (κ1) is 13.2. The van der Waals surface area contributed by atoms with Crippen LogP contribution < -0.4 is 10.5 Å². The van der Waals surface area contributed by atoms with Gasteiger partial charge in [0.1, 0.15) is 11.4 Å². The van der Waals surface area contributed by atoms with Crippen molar-refractivity contribution in [2.24, 2.45) is 0 Å². The zero-order valence-corrected chi connectivity index (χ0v) is 11.1. The SMILES string of the molecule is Cc1ccc(O)c(NS(=O)(=O)c2ccccc2)c1N. The summed E-state index contributed by atoms with van der Waals surface area (Å²) < 4.78 is 26.6. The summed E-state index contributed by atoms with van der Waals surface area (Å²) in [6.07, 6.45) is 0. The highest BCUT2D eigenvalue weighted by molar-refractivity contribution is 7.92. The van der Waals surface area contributed by atoms with Crippen LogP contribution in [-0.2, 0) is 10.0 Å². The summed E-state index contributed by atoms with van der Waals surface area (Å²) in [5.74, 6) is -0.206. The maximum Gasteiger partial charge on any atom is 0.262 e. The molecule has 0 radical (unpaired) electrons. The van der Waals surface area contributed by atoms with Gasteiger partial charge in [0.25, 0.3) is 10.0 Å². The molecule has 5 nitrogen and oxygen atoms in total. The van der Waals surface area contributed by atoms with Crippen LogP contribution in [0.5, 0.6) is 5.75 Å². The summed E-state index contributed by atoms with van der Waals surface area (Å²) >= 11 is 0. The maximum absolute atomic E-state index is 12.1. The van der Waals surface area contributed by atoms with Crippen molar-refractivity contribution < 1.29 is 13.5 Å². The Bertz CT molecular complexity index is 697. The van der Waals surface area contributed by atoms with E-state index in [2.05, 4.69) is 4.72 Å². The van der Waals surface area contributed by atoms with Crippen LogP contribution in [0, 0.1) is 6.92 Å². The summed E-state index contributed by atoms with van der Waals surface area (Å²) in [5.41, 5.74) is 6.68. The lowest BCUT2D eigenvalue weighted by Crippen LogP contribution is -2.14. The molecule has 2 aromatic carbocycles. The maximum atomic E-state index is 12.1. The van der Waals surface area contributed by atoms with E-state index in [-0.39, 0.29) is 22.0 Å². The van der Waals surface area contributed by atoms with E-state index in [0.29, 0.717) is 5.56 Å². The average Bonchev–Trinajstić information content (AvgIpc) is 2.40. The lowest BCUT2D eigenvalue weighted by Gasteiger charge is -2.13. The number of aromatic hydroxyl groups is 1. The van der Waals surface area contributed by atoms with Gasteiger partial charge in [0.2, 0.25) is 0 Å². The number of nitrogens with two attached hydrogens (primary N) is 1. The van der Waals surface area contributed by atoms with Crippen molar-refractivity contribution in [1.29, 1.82) is 0 Å². The van der Waals surface area contributed by atoms with E-state index in [4.69, 9.17) is 5.73 Å². The Kier molecular flexibility index (Phi) is 3.35. The number of sulfonamides is 1. The molecule has 0 aliphatic heterocycles. The van der Waals surface area contributed by atoms with E-state index in [9.17, 15) is 13.5 Å². The van der Waals surface area contributed by atoms with Crippen molar-refractivity contribution in [3.8, 4) is 5.75 Å². The molecule has 0 fully saturated rings. The molecule has 100 valence electrons. The number of anilines is 2. The van der Waals surface area contributed by atoms with Gasteiger partial charge in [-0.3, -0.25) is 4.72 Å². The number of phenolic OH excluding ortho intramolecular Hbond substituents is 1. The number of nitrogen functional groups attached to an aromatic ring is 1. The van der Waals surface area contributed by atoms with E-state index >= 15 is 0 Å². The highest BCUT2D eigenvalue weighted by Gasteiger charge is 2.18. The third-order valence-corrected chi connectivity index (χ3v) is 4.10. The summed E-state index contributed by atoms with van der Waals surface area (Å²) in [5, 5.41) is 9.72. The third kappa shape index (κ3) is 2.63. The van der Waals surface area contributed by atoms with E-state index in [0.717, 1.165) is 0 Å². The highest BCUT2D eigenvalue weighted by atomic mass is 32.2. The van der Waals surface area contributed by atoms with E-state index in [1.807, 2.05) is 0 Å². The third-order valence-electron chi connectivity index (χ3n) is 2.73. The van der Waals surface area contributed by atoms with Crippen molar-refractivity contribution in [2.45, 2.75) is 11.8 Å². The number of nitrogens with one attached hydrogen (secondary N) is 1. The molecule has 0 aliphatic carbocycles. The van der Waals surface area contributed by atoms with Gasteiger partial charge >= 0.3 is 0 Å². The molecule has 19 heavy (non-hydrogen) atoms. The first-order chi connectivity index (χ1) is 8.92. The molecular weight excluding hydrogens is 264 g/mol. The normalized spacial score (nSPS) is 11.2. The molecule has 2 aromatic rings. The van der Waals surface area contributed by atoms with Gasteiger partial charge in [-0.15, -0.1) is 0 Å². The molecule has 0 aromatic heterocycles. The molecule has 0 spiro atoms. The van der Waals surface area contributed by atoms with Crippen molar-refractivity contribution >= 4 is 21.4 Å². The van der Waals surface area contributed by atoms with Crippen molar-refractivity contribution in [2.75, 3.05) is 10.5 Å². The molecule has 6 heteroatoms. The quantitative estimate of drug-likeness (QED) is 0.592. The lowest BCUT2D eigenvalue weighted by atomic mass is 10.1. The van der Waals surface area contributed by atoms with Crippen LogP contribution in [0.25, 0.3) is 0 Å². The summed E-state index contributed by atoms with van der Waals surface area (Å²) in [6.45, 7) is 1.73. The zero-order chi connectivity index (χ0) is 14.0. The van der Waals surface area contributed by atoms with Gasteiger partial charge in [-0.2, -0.15) is 0 Å². The summed E-state index contributed by atoms with van der Waals surface area (Å²) in [6, 6.07) is 10.9. The van der Waals surface area contributed by atoms with Gasteiger partial charge < -0.3 is 10.8 Å². The molecule has 0 bridgehead atoms. The van der Waals surface area contributed by atoms with Crippen LogP contribution in [0.4, 0.5) is 11.4 Å². The first-order valence-corrected chi connectivity index (χ1v) is 7.06. The van der Waals surface area contributed by atoms with Crippen LogP contribution in [0.2, 0.25) is 0 Å². The van der Waals surface area contributed by atoms with Crippen LogP contribution in [0.3, 0.4) is 0 Å². The molecule has 0 atom stereocenters. The predicted octanol–water partition coefficient (Wildman–Crippen LogP) is 2.08. The van der Waals surface area contributed by atoms with Gasteiger partial charge in [-0.25, -0.2) is 8.42 Å². The van der Waals surface area contributed by atoms with Crippen LogP contribution in [0.1, 0.15) is 5.56 Å². The number of hydrogen-bond acceptors (Lipinski definition) is 4. The first-order valence-electron chi connectivity index (χ1n) is 5.58. The second kappa shape index (κ2) is 4.81. The standard InChI is InChI=1S/C13H14N2O3S/c1-9-7-8-11(16)13(12(9)14)15-19(17,18)10-5-3-2-4-6-10/h2-8,15-16H,14H2,1H3. The smallest absolute Gasteiger partial charge is 0.262 e. The number of rotatable bonds is 3. The zero-order valence-electron chi connectivity index (χ0n) is 10.3. The number of phenols is 1. The van der Waals surface area contributed by atoms with Gasteiger partial charge in [-0.1, -0.05) is 24.3 Å². The van der Waals surface area contributed by atoms with Crippen LogP contribution >= 0.6 is 0 Å². The number of aryl methyl sites for hydroxylation is 1. The Hall–Kier alpha value is -2.21. The Balaban J connectivity index is 2.45. The monoisotopic (exact) mass is 278 g/mol. The second-order valence-electron chi connectivity index (χ2n) is 4.11. The van der Waals surface area contributed by atoms with Gasteiger partial charge in [0.15, 0.2) is 0 Å². The molecule has 2 rings (SSSR count). The Morgan fingerprint density at radius 2 is 1.74 bits per heavy atom. The van der Waals surface area contributed by atoms with Crippen molar-refractivity contribution in [3.05, 3.63) is 48.0 Å². The number of hydrogen-bond donors (Lipinski definition) is 3. The fourth-order valence-corrected chi connectivity index (χ4v) is 2.73. The molecule has 4 N–H and O–H groups in total. The average molecular weight is 278 g/mol. The molecular formula is C13H14N2O3S. The van der Waals surface area contributed by atoms with E-state index in [1.54, 1.807) is 31.2 Å². The topological polar surface area (TPSA) is 92.4 Å². The molecule has 0 unspecified atom stereocenters. The Morgan fingerprint density at radius 1 is 1.11 bits per heavy atom. The van der Waals surface area contributed by atoms with Crippen molar-refractivity contribution in [3.63, 3.8) is 0 Å². The lowest BCUT2D eigenvalue weighted by molar-refractivity contribution is 0.478. The molecule has 0 amide bonds. The van der Waals surface area contributed by atoms with E-state index in [1.165, 1.54) is 18.2 Å². The largest absolute Gasteiger partial charge is 0.506 e. The van der Waals surface area contributed by atoms with Crippen LogP contribution in [0.15, 0.2) is 47.4 Å². The highest BCUT2D eigenvalue weighted by Crippen LogP contribution is 2.33. The van der Waals surface area contributed by atoms with Gasteiger partial charge in [-0.05, 0) is 30.7 Å². The molecule has 0 heterocycles. The summed E-state index contributed by atoms with van der Waals surface area (Å²) in [7, 11) is -3.77. The van der Waals surface area contributed by atoms with Gasteiger partial charge in [0.05, 0.1) is 10.6 Å². The Labute approximate surface area is 111 Å². The van der Waals surface area contributed by atoms with Crippen LogP contribution in [-0.4, -0.2) is 13.5 Å².